The lowest BCUT2D eigenvalue weighted by atomic mass is 10.1. The van der Waals surface area contributed by atoms with Gasteiger partial charge in [-0.05, 0) is 67.4 Å². The molecule has 0 spiro atoms. The van der Waals surface area contributed by atoms with Crippen molar-refractivity contribution >= 4 is 34.8 Å². The van der Waals surface area contributed by atoms with Crippen LogP contribution in [-0.4, -0.2) is 15.7 Å². The van der Waals surface area contributed by atoms with Gasteiger partial charge in [0.2, 0.25) is 0 Å². The van der Waals surface area contributed by atoms with Crippen molar-refractivity contribution in [3.8, 4) is 5.75 Å². The van der Waals surface area contributed by atoms with E-state index in [1.54, 1.807) is 35.0 Å². The van der Waals surface area contributed by atoms with Crippen LogP contribution in [0.5, 0.6) is 5.75 Å². The van der Waals surface area contributed by atoms with Crippen LogP contribution in [0.3, 0.4) is 0 Å². The summed E-state index contributed by atoms with van der Waals surface area (Å²) in [5, 5.41) is 8.40. The minimum absolute atomic E-state index is 0.243. The number of aryl methyl sites for hydroxylation is 1. The molecule has 4 rings (SSSR count). The highest BCUT2D eigenvalue weighted by Gasteiger charge is 2.16. The molecular formula is C26H22Cl2FN3O2. The maximum absolute atomic E-state index is 13.3. The van der Waals surface area contributed by atoms with Crippen LogP contribution in [0.4, 0.5) is 10.1 Å². The zero-order valence-electron chi connectivity index (χ0n) is 18.6. The molecule has 8 heteroatoms. The van der Waals surface area contributed by atoms with Crippen LogP contribution in [0.25, 0.3) is 0 Å². The average molecular weight is 498 g/mol. The topological polar surface area (TPSA) is 56.2 Å². The van der Waals surface area contributed by atoms with Gasteiger partial charge in [0.25, 0.3) is 5.91 Å². The van der Waals surface area contributed by atoms with E-state index in [0.717, 1.165) is 16.8 Å². The van der Waals surface area contributed by atoms with Gasteiger partial charge in [-0.2, -0.15) is 5.10 Å². The second-order valence-electron chi connectivity index (χ2n) is 7.84. The van der Waals surface area contributed by atoms with Crippen molar-refractivity contribution in [3.63, 3.8) is 0 Å². The number of anilines is 1. The zero-order valence-corrected chi connectivity index (χ0v) is 20.1. The van der Waals surface area contributed by atoms with E-state index in [-0.39, 0.29) is 5.91 Å². The molecule has 5 nitrogen and oxygen atoms in total. The molecule has 0 aliphatic carbocycles. The summed E-state index contributed by atoms with van der Waals surface area (Å²) in [5.74, 6) is 0.0456. The fraction of sp³-hybridized carbons (Fsp3) is 0.154. The number of carbonyl (C=O) groups excluding carboxylic acids is 1. The minimum atomic E-state index is -0.392. The third-order valence-corrected chi connectivity index (χ3v) is 5.96. The summed E-state index contributed by atoms with van der Waals surface area (Å²) in [6.45, 7) is 4.41. The van der Waals surface area contributed by atoms with Crippen LogP contribution in [0, 0.1) is 19.7 Å². The smallest absolute Gasteiger partial charge is 0.255 e. The lowest BCUT2D eigenvalue weighted by Gasteiger charge is -2.09. The number of aromatic nitrogens is 2. The lowest BCUT2D eigenvalue weighted by molar-refractivity contribution is 0.102. The first kappa shape index (κ1) is 23.8. The van der Waals surface area contributed by atoms with Crippen molar-refractivity contribution in [1.29, 1.82) is 0 Å². The van der Waals surface area contributed by atoms with Gasteiger partial charge in [-0.25, -0.2) is 4.39 Å². The Morgan fingerprint density at radius 3 is 2.53 bits per heavy atom. The summed E-state index contributed by atoms with van der Waals surface area (Å²) in [4.78, 5) is 12.8. The molecule has 1 heterocycles. The summed E-state index contributed by atoms with van der Waals surface area (Å²) in [5.41, 5.74) is 4.26. The fourth-order valence-corrected chi connectivity index (χ4v) is 3.91. The van der Waals surface area contributed by atoms with Gasteiger partial charge in [0.1, 0.15) is 18.2 Å². The number of nitrogens with one attached hydrogen (secondary N) is 1. The van der Waals surface area contributed by atoms with E-state index in [4.69, 9.17) is 27.9 Å². The van der Waals surface area contributed by atoms with E-state index in [2.05, 4.69) is 10.4 Å². The van der Waals surface area contributed by atoms with Crippen LogP contribution < -0.4 is 10.1 Å². The predicted octanol–water partition coefficient (Wildman–Crippen LogP) is 6.83. The number of hydrogen-bond acceptors (Lipinski definition) is 3. The van der Waals surface area contributed by atoms with Gasteiger partial charge in [0.05, 0.1) is 23.6 Å². The van der Waals surface area contributed by atoms with Gasteiger partial charge < -0.3 is 10.1 Å². The number of amides is 1. The van der Waals surface area contributed by atoms with Crippen molar-refractivity contribution in [2.45, 2.75) is 27.0 Å². The number of carbonyl (C=O) groups is 1. The predicted molar refractivity (Wildman–Crippen MR) is 132 cm³/mol. The van der Waals surface area contributed by atoms with E-state index in [0.29, 0.717) is 45.9 Å². The molecule has 0 saturated heterocycles. The Morgan fingerprint density at radius 1 is 1.06 bits per heavy atom. The average Bonchev–Trinajstić information content (AvgIpc) is 3.07. The molecule has 3 aromatic carbocycles. The molecule has 34 heavy (non-hydrogen) atoms. The molecule has 1 amide bonds. The van der Waals surface area contributed by atoms with E-state index in [1.807, 2.05) is 38.1 Å². The Kier molecular flexibility index (Phi) is 7.20. The number of ether oxygens (including phenoxy) is 1. The van der Waals surface area contributed by atoms with Crippen molar-refractivity contribution in [2.24, 2.45) is 0 Å². The molecule has 0 atom stereocenters. The maximum Gasteiger partial charge on any atom is 0.255 e. The fourth-order valence-electron chi connectivity index (χ4n) is 3.50. The van der Waals surface area contributed by atoms with Crippen molar-refractivity contribution in [1.82, 2.24) is 9.78 Å². The molecule has 0 fully saturated rings. The third-order valence-electron chi connectivity index (χ3n) is 5.37. The number of hydrogen-bond donors (Lipinski definition) is 1. The van der Waals surface area contributed by atoms with Gasteiger partial charge in [-0.1, -0.05) is 47.5 Å². The minimum Gasteiger partial charge on any atom is -0.489 e. The number of nitrogens with zero attached hydrogens (tertiary/aromatic N) is 2. The summed E-state index contributed by atoms with van der Waals surface area (Å²) >= 11 is 12.1. The van der Waals surface area contributed by atoms with Crippen molar-refractivity contribution < 1.29 is 13.9 Å². The van der Waals surface area contributed by atoms with Gasteiger partial charge in [0.15, 0.2) is 0 Å². The summed E-state index contributed by atoms with van der Waals surface area (Å²) < 4.78 is 20.8. The highest BCUT2D eigenvalue weighted by molar-refractivity contribution is 6.31. The maximum atomic E-state index is 13.3. The Hall–Kier alpha value is -3.35. The number of halogens is 3. The first-order valence-electron chi connectivity index (χ1n) is 10.6. The summed E-state index contributed by atoms with van der Waals surface area (Å²) in [6, 6.07) is 18.6. The number of rotatable bonds is 7. The monoisotopic (exact) mass is 497 g/mol. The largest absolute Gasteiger partial charge is 0.489 e. The molecule has 0 radical (unpaired) electrons. The quantitative estimate of drug-likeness (QED) is 0.304. The first-order chi connectivity index (χ1) is 16.3. The van der Waals surface area contributed by atoms with E-state index in [9.17, 15) is 9.18 Å². The van der Waals surface area contributed by atoms with Crippen molar-refractivity contribution in [3.05, 3.63) is 111 Å². The highest BCUT2D eigenvalue weighted by atomic mass is 35.5. The molecule has 0 saturated carbocycles. The molecule has 174 valence electrons. The SMILES string of the molecule is Cc1nn(Cc2ccc(F)cc2Cl)c(C)c1NC(=O)c1ccc(COc2cccc(Cl)c2)cc1. The van der Waals surface area contributed by atoms with E-state index in [1.165, 1.54) is 12.1 Å². The molecule has 4 aromatic rings. The third kappa shape index (κ3) is 5.58. The van der Waals surface area contributed by atoms with Crippen LogP contribution >= 0.6 is 23.2 Å². The second-order valence-corrected chi connectivity index (χ2v) is 8.68. The van der Waals surface area contributed by atoms with Gasteiger partial charge >= 0.3 is 0 Å². The normalized spacial score (nSPS) is 10.9. The first-order valence-corrected chi connectivity index (χ1v) is 11.3. The Bertz CT molecular complexity index is 1340. The van der Waals surface area contributed by atoms with E-state index >= 15 is 0 Å². The Balaban J connectivity index is 1.42. The Morgan fingerprint density at radius 2 is 1.82 bits per heavy atom. The highest BCUT2D eigenvalue weighted by Crippen LogP contribution is 2.24. The molecular weight excluding hydrogens is 476 g/mol. The molecule has 0 aliphatic heterocycles. The van der Waals surface area contributed by atoms with Crippen molar-refractivity contribution in [2.75, 3.05) is 5.32 Å². The van der Waals surface area contributed by atoms with Gasteiger partial charge in [-0.3, -0.25) is 9.48 Å². The molecule has 0 unspecified atom stereocenters. The van der Waals surface area contributed by atoms with Crippen LogP contribution in [0.1, 0.15) is 32.9 Å². The number of benzene rings is 3. The van der Waals surface area contributed by atoms with E-state index < -0.39 is 5.82 Å². The standard InChI is InChI=1S/C26H22Cl2FN3O2/c1-16-25(17(2)32(31-16)14-20-10-11-22(29)13-24(20)28)30-26(33)19-8-6-18(7-9-19)15-34-23-5-3-4-21(27)12-23/h3-13H,14-15H2,1-2H3,(H,30,33). The van der Waals surface area contributed by atoms with Gasteiger partial charge in [0, 0.05) is 15.6 Å². The lowest BCUT2D eigenvalue weighted by Crippen LogP contribution is -2.13. The summed E-state index contributed by atoms with van der Waals surface area (Å²) in [7, 11) is 0. The molecule has 0 aliphatic rings. The molecule has 1 aromatic heterocycles. The zero-order chi connectivity index (χ0) is 24.2. The van der Waals surface area contributed by atoms with Crippen LogP contribution in [0.15, 0.2) is 66.7 Å². The van der Waals surface area contributed by atoms with Crippen LogP contribution in [0.2, 0.25) is 10.0 Å². The molecule has 1 N–H and O–H groups in total. The van der Waals surface area contributed by atoms with Crippen LogP contribution in [-0.2, 0) is 13.2 Å². The summed E-state index contributed by atoms with van der Waals surface area (Å²) in [6.07, 6.45) is 0. The molecule has 0 bridgehead atoms. The Labute approximate surface area is 207 Å². The van der Waals surface area contributed by atoms with Gasteiger partial charge in [-0.15, -0.1) is 0 Å². The second kappa shape index (κ2) is 10.3.